The molecule has 22 heavy (non-hydrogen) atoms. The quantitative estimate of drug-likeness (QED) is 0.790. The molecule has 1 fully saturated rings. The minimum Gasteiger partial charge on any atom is -0.372 e. The van der Waals surface area contributed by atoms with Crippen LogP contribution in [0, 0.1) is 0 Å². The van der Waals surface area contributed by atoms with Gasteiger partial charge in [-0.05, 0) is 19.3 Å². The van der Waals surface area contributed by atoms with E-state index in [-0.39, 0.29) is 18.4 Å². The van der Waals surface area contributed by atoms with Crippen LogP contribution in [0.15, 0.2) is 18.6 Å². The van der Waals surface area contributed by atoms with E-state index < -0.39 is 6.10 Å². The van der Waals surface area contributed by atoms with Crippen LogP contribution in [-0.4, -0.2) is 64.9 Å². The zero-order valence-corrected chi connectivity index (χ0v) is 13.1. The smallest absolute Gasteiger partial charge is 0.252 e. The molecule has 0 aromatic carbocycles. The summed E-state index contributed by atoms with van der Waals surface area (Å²) in [5.41, 5.74) is 0.718. The van der Waals surface area contributed by atoms with Gasteiger partial charge < -0.3 is 14.5 Å². The first-order chi connectivity index (χ1) is 10.6. The lowest BCUT2D eigenvalue weighted by atomic mass is 10.2. The van der Waals surface area contributed by atoms with E-state index in [1.54, 1.807) is 35.4 Å². The summed E-state index contributed by atoms with van der Waals surface area (Å²) >= 11 is 0. The second kappa shape index (κ2) is 7.84. The lowest BCUT2D eigenvalue weighted by Gasteiger charge is -2.25. The van der Waals surface area contributed by atoms with E-state index in [1.165, 1.54) is 7.11 Å². The van der Waals surface area contributed by atoms with E-state index in [0.29, 0.717) is 13.1 Å². The lowest BCUT2D eigenvalue weighted by Crippen LogP contribution is -2.45. The maximum atomic E-state index is 12.3. The van der Waals surface area contributed by atoms with Gasteiger partial charge in [0.15, 0.2) is 0 Å². The average molecular weight is 306 g/mol. The van der Waals surface area contributed by atoms with Crippen LogP contribution in [0.1, 0.15) is 25.0 Å². The van der Waals surface area contributed by atoms with E-state index >= 15 is 0 Å². The van der Waals surface area contributed by atoms with Crippen LogP contribution in [0.3, 0.4) is 0 Å². The van der Waals surface area contributed by atoms with E-state index in [1.807, 2.05) is 0 Å². The summed E-state index contributed by atoms with van der Waals surface area (Å²) in [4.78, 5) is 35.9. The number of carbonyl (C=O) groups excluding carboxylic acids is 2. The number of methoxy groups -OCH3 is 1. The summed E-state index contributed by atoms with van der Waals surface area (Å²) < 4.78 is 5.22. The number of ether oxygens (including phenoxy) is 1. The van der Waals surface area contributed by atoms with Gasteiger partial charge in [-0.25, -0.2) is 0 Å². The van der Waals surface area contributed by atoms with E-state index in [4.69, 9.17) is 4.74 Å². The molecule has 0 bridgehead atoms. The molecule has 0 radical (unpaired) electrons. The highest BCUT2D eigenvalue weighted by atomic mass is 16.5. The first-order valence-electron chi connectivity index (χ1n) is 7.42. The molecule has 0 N–H and O–H groups in total. The number of nitrogens with zero attached hydrogens (tertiary/aromatic N) is 4. The molecule has 1 aromatic heterocycles. The topological polar surface area (TPSA) is 75.6 Å². The second-order valence-corrected chi connectivity index (χ2v) is 5.43. The molecule has 1 saturated heterocycles. The molecule has 1 aliphatic heterocycles. The molecule has 1 aromatic rings. The molecule has 7 heteroatoms. The Kier molecular flexibility index (Phi) is 5.83. The third-order valence-corrected chi connectivity index (χ3v) is 3.78. The van der Waals surface area contributed by atoms with Crippen LogP contribution in [0.25, 0.3) is 0 Å². The Morgan fingerprint density at radius 1 is 1.45 bits per heavy atom. The number of hydrogen-bond acceptors (Lipinski definition) is 5. The van der Waals surface area contributed by atoms with Crippen molar-refractivity contribution in [2.45, 2.75) is 31.9 Å². The molecular weight excluding hydrogens is 284 g/mol. The fourth-order valence-corrected chi connectivity index (χ4v) is 2.47. The maximum absolute atomic E-state index is 12.3. The highest BCUT2D eigenvalue weighted by Crippen LogP contribution is 2.14. The van der Waals surface area contributed by atoms with Crippen LogP contribution in [0.4, 0.5) is 0 Å². The van der Waals surface area contributed by atoms with Crippen molar-refractivity contribution in [1.29, 1.82) is 0 Å². The van der Waals surface area contributed by atoms with Gasteiger partial charge in [0.05, 0.1) is 25.0 Å². The number of likely N-dealkylation sites (N-methyl/N-ethyl adjacent to an activating group) is 1. The van der Waals surface area contributed by atoms with Crippen molar-refractivity contribution in [3.05, 3.63) is 24.3 Å². The van der Waals surface area contributed by atoms with Crippen LogP contribution < -0.4 is 0 Å². The normalized spacial score (nSPS) is 18.9. The Labute approximate surface area is 130 Å². The molecule has 1 aliphatic rings. The second-order valence-electron chi connectivity index (χ2n) is 5.43. The summed E-state index contributed by atoms with van der Waals surface area (Å²) in [6.45, 7) is 1.06. The van der Waals surface area contributed by atoms with Gasteiger partial charge in [0, 0.05) is 33.1 Å². The summed E-state index contributed by atoms with van der Waals surface area (Å²) in [7, 11) is 3.24. The van der Waals surface area contributed by atoms with Crippen molar-refractivity contribution in [2.75, 3.05) is 27.2 Å². The molecule has 0 aliphatic carbocycles. The Balaban J connectivity index is 1.93. The zero-order valence-electron chi connectivity index (χ0n) is 13.1. The lowest BCUT2D eigenvalue weighted by molar-refractivity contribution is -0.146. The van der Waals surface area contributed by atoms with Crippen molar-refractivity contribution >= 4 is 11.8 Å². The minimum atomic E-state index is -0.430. The summed E-state index contributed by atoms with van der Waals surface area (Å²) in [5.74, 6) is -0.211. The zero-order chi connectivity index (χ0) is 15.9. The largest absolute Gasteiger partial charge is 0.372 e. The molecule has 2 rings (SSSR count). The van der Waals surface area contributed by atoms with Crippen molar-refractivity contribution < 1.29 is 14.3 Å². The number of likely N-dealkylation sites (tertiary alicyclic amines) is 1. The van der Waals surface area contributed by atoms with Crippen molar-refractivity contribution in [3.63, 3.8) is 0 Å². The summed E-state index contributed by atoms with van der Waals surface area (Å²) in [5, 5.41) is 0. The van der Waals surface area contributed by atoms with Gasteiger partial charge in [-0.2, -0.15) is 0 Å². The SMILES string of the molecule is COC1CCCCN(CC(=O)N(C)Cc2cnccn2)C1=O. The molecule has 1 unspecified atom stereocenters. The predicted octanol–water partition coefficient (Wildman–Crippen LogP) is 0.462. The van der Waals surface area contributed by atoms with Gasteiger partial charge in [-0.3, -0.25) is 19.6 Å². The van der Waals surface area contributed by atoms with Gasteiger partial charge in [-0.1, -0.05) is 0 Å². The Morgan fingerprint density at radius 2 is 2.27 bits per heavy atom. The van der Waals surface area contributed by atoms with Crippen molar-refractivity contribution in [2.24, 2.45) is 0 Å². The highest BCUT2D eigenvalue weighted by molar-refractivity contribution is 5.87. The summed E-state index contributed by atoms with van der Waals surface area (Å²) in [6.07, 6.45) is 6.93. The Bertz CT molecular complexity index is 509. The van der Waals surface area contributed by atoms with Crippen LogP contribution in [0.2, 0.25) is 0 Å². The van der Waals surface area contributed by atoms with Crippen LogP contribution in [0.5, 0.6) is 0 Å². The van der Waals surface area contributed by atoms with E-state index in [9.17, 15) is 9.59 Å². The summed E-state index contributed by atoms with van der Waals surface area (Å²) in [6, 6.07) is 0. The third kappa shape index (κ3) is 4.24. The molecule has 1 atom stereocenters. The van der Waals surface area contributed by atoms with Gasteiger partial charge in [0.2, 0.25) is 5.91 Å². The minimum absolute atomic E-state index is 0.0788. The molecular formula is C15H22N4O3. The fraction of sp³-hybridized carbons (Fsp3) is 0.600. The number of carbonyl (C=O) groups is 2. The highest BCUT2D eigenvalue weighted by Gasteiger charge is 2.28. The number of aromatic nitrogens is 2. The van der Waals surface area contributed by atoms with Crippen LogP contribution >= 0.6 is 0 Å². The molecule has 0 saturated carbocycles. The van der Waals surface area contributed by atoms with E-state index in [2.05, 4.69) is 9.97 Å². The van der Waals surface area contributed by atoms with Gasteiger partial charge in [0.25, 0.3) is 5.91 Å². The molecule has 2 heterocycles. The van der Waals surface area contributed by atoms with E-state index in [0.717, 1.165) is 25.0 Å². The van der Waals surface area contributed by atoms with Gasteiger partial charge in [-0.15, -0.1) is 0 Å². The van der Waals surface area contributed by atoms with Gasteiger partial charge >= 0.3 is 0 Å². The monoisotopic (exact) mass is 306 g/mol. The first-order valence-corrected chi connectivity index (χ1v) is 7.42. The molecule has 120 valence electrons. The maximum Gasteiger partial charge on any atom is 0.252 e. The standard InChI is InChI=1S/C15H22N4O3/c1-18(10-12-9-16-6-7-17-12)14(20)11-19-8-4-3-5-13(22-2)15(19)21/h6-7,9,13H,3-5,8,10-11H2,1-2H3. The van der Waals surface area contributed by atoms with Crippen LogP contribution in [-0.2, 0) is 20.9 Å². The van der Waals surface area contributed by atoms with Gasteiger partial charge in [0.1, 0.15) is 6.10 Å². The predicted molar refractivity (Wildman–Crippen MR) is 79.7 cm³/mol. The number of hydrogen-bond donors (Lipinski definition) is 0. The van der Waals surface area contributed by atoms with Crippen molar-refractivity contribution in [3.8, 4) is 0 Å². The molecule has 2 amide bonds. The Morgan fingerprint density at radius 3 is 2.95 bits per heavy atom. The average Bonchev–Trinajstić information content (AvgIpc) is 2.70. The first kappa shape index (κ1) is 16.4. The van der Waals surface area contributed by atoms with Crippen molar-refractivity contribution in [1.82, 2.24) is 19.8 Å². The third-order valence-electron chi connectivity index (χ3n) is 3.78. The number of rotatable bonds is 5. The number of amides is 2. The Hall–Kier alpha value is -2.02. The fourth-order valence-electron chi connectivity index (χ4n) is 2.47. The molecule has 7 nitrogen and oxygen atoms in total. The molecule has 0 spiro atoms.